The van der Waals surface area contributed by atoms with E-state index in [2.05, 4.69) is 6.58 Å². The number of ether oxygens (including phenoxy) is 2. The Kier molecular flexibility index (Phi) is 7.86. The maximum atomic E-state index is 10.5. The summed E-state index contributed by atoms with van der Waals surface area (Å²) in [7, 11) is 0. The number of carboxylic acid groups (broad SMARTS) is 1. The summed E-state index contributed by atoms with van der Waals surface area (Å²) in [6.45, 7) is 10.4. The second kappa shape index (κ2) is 8.55. The summed E-state index contributed by atoms with van der Waals surface area (Å²) in [6.07, 6.45) is 0.136. The first-order valence-electron chi connectivity index (χ1n) is 6.34. The minimum atomic E-state index is -0.897. The molecule has 0 aliphatic carbocycles. The molecule has 0 spiro atoms. The van der Waals surface area contributed by atoms with Gasteiger partial charge < -0.3 is 25.2 Å². The third-order valence-corrected chi connectivity index (χ3v) is 2.25. The van der Waals surface area contributed by atoms with Gasteiger partial charge in [-0.2, -0.15) is 0 Å². The topological polar surface area (TPSA) is 102 Å². The standard InChI is InChI=1S/C7H12O2.C6H12N2O3/c1-5-6(8)9-7(2,3)4;7-3-5-4-8(6(9)10)1-2-11-5/h5H,1H2,2-4H3;5H,1-4,7H2,(H,9,10)/t;5-/m.0/s1. The van der Waals surface area contributed by atoms with E-state index in [0.29, 0.717) is 26.2 Å². The van der Waals surface area contributed by atoms with Crippen LogP contribution in [0, 0.1) is 0 Å². The summed E-state index contributed by atoms with van der Waals surface area (Å²) in [6, 6.07) is 0. The molecule has 1 aliphatic rings. The molecule has 0 saturated carbocycles. The monoisotopic (exact) mass is 288 g/mol. The lowest BCUT2D eigenvalue weighted by Gasteiger charge is -2.30. The normalized spacial score (nSPS) is 18.6. The van der Waals surface area contributed by atoms with Gasteiger partial charge in [-0.05, 0) is 20.8 Å². The second-order valence-electron chi connectivity index (χ2n) is 5.19. The second-order valence-corrected chi connectivity index (χ2v) is 5.19. The van der Waals surface area contributed by atoms with E-state index in [1.165, 1.54) is 4.90 Å². The zero-order chi connectivity index (χ0) is 15.8. The van der Waals surface area contributed by atoms with Crippen LogP contribution < -0.4 is 5.73 Å². The van der Waals surface area contributed by atoms with Crippen molar-refractivity contribution in [1.82, 2.24) is 4.90 Å². The highest BCUT2D eigenvalue weighted by Gasteiger charge is 2.22. The fourth-order valence-electron chi connectivity index (χ4n) is 1.38. The molecule has 1 amide bonds. The molecule has 116 valence electrons. The Hall–Kier alpha value is -1.60. The lowest BCUT2D eigenvalue weighted by Crippen LogP contribution is -2.47. The highest BCUT2D eigenvalue weighted by molar-refractivity contribution is 5.81. The Morgan fingerprint density at radius 2 is 2.15 bits per heavy atom. The summed E-state index contributed by atoms with van der Waals surface area (Å²) in [4.78, 5) is 22.3. The zero-order valence-electron chi connectivity index (χ0n) is 12.3. The third-order valence-electron chi connectivity index (χ3n) is 2.25. The number of carbonyl (C=O) groups excluding carboxylic acids is 1. The molecule has 0 bridgehead atoms. The molecule has 1 atom stereocenters. The van der Waals surface area contributed by atoms with Crippen LogP contribution in [0.4, 0.5) is 4.79 Å². The highest BCUT2D eigenvalue weighted by Crippen LogP contribution is 2.06. The summed E-state index contributed by atoms with van der Waals surface area (Å²) >= 11 is 0. The number of esters is 1. The average Bonchev–Trinajstić information content (AvgIpc) is 2.37. The molecule has 20 heavy (non-hydrogen) atoms. The lowest BCUT2D eigenvalue weighted by atomic mass is 10.2. The molecule has 1 aliphatic heterocycles. The van der Waals surface area contributed by atoms with E-state index in [1.807, 2.05) is 20.8 Å². The van der Waals surface area contributed by atoms with Crippen molar-refractivity contribution in [2.75, 3.05) is 26.2 Å². The van der Waals surface area contributed by atoms with Crippen molar-refractivity contribution in [3.05, 3.63) is 12.7 Å². The van der Waals surface area contributed by atoms with Gasteiger partial charge in [-0.3, -0.25) is 0 Å². The van der Waals surface area contributed by atoms with Gasteiger partial charge in [-0.25, -0.2) is 9.59 Å². The van der Waals surface area contributed by atoms with Crippen molar-refractivity contribution >= 4 is 12.1 Å². The minimum Gasteiger partial charge on any atom is -0.465 e. The Bertz CT molecular complexity index is 338. The Morgan fingerprint density at radius 3 is 2.50 bits per heavy atom. The molecular weight excluding hydrogens is 264 g/mol. The van der Waals surface area contributed by atoms with Crippen LogP contribution in [0.15, 0.2) is 12.7 Å². The van der Waals surface area contributed by atoms with E-state index in [4.69, 9.17) is 20.3 Å². The van der Waals surface area contributed by atoms with Crippen LogP contribution in [0.5, 0.6) is 0 Å². The van der Waals surface area contributed by atoms with Crippen LogP contribution in [-0.2, 0) is 14.3 Å². The van der Waals surface area contributed by atoms with Crippen molar-refractivity contribution in [2.45, 2.75) is 32.5 Å². The number of hydrogen-bond acceptors (Lipinski definition) is 5. The van der Waals surface area contributed by atoms with E-state index in [0.717, 1.165) is 6.08 Å². The molecule has 1 saturated heterocycles. The van der Waals surface area contributed by atoms with E-state index >= 15 is 0 Å². The molecule has 1 rings (SSSR count). The summed E-state index contributed by atoms with van der Waals surface area (Å²) in [5.74, 6) is -0.373. The largest absolute Gasteiger partial charge is 0.465 e. The van der Waals surface area contributed by atoms with Crippen LogP contribution in [-0.4, -0.2) is 60.0 Å². The SMILES string of the molecule is C=CC(=O)OC(C)(C)C.NC[C@H]1CN(C(=O)O)CCO1. The number of nitrogens with two attached hydrogens (primary N) is 1. The predicted octanol–water partition coefficient (Wildman–Crippen LogP) is 0.838. The van der Waals surface area contributed by atoms with Gasteiger partial charge in [0.2, 0.25) is 0 Å². The number of hydrogen-bond donors (Lipinski definition) is 2. The van der Waals surface area contributed by atoms with Crippen molar-refractivity contribution in [3.63, 3.8) is 0 Å². The molecule has 0 aromatic carbocycles. The molecule has 1 heterocycles. The maximum absolute atomic E-state index is 10.5. The molecule has 0 aromatic rings. The van der Waals surface area contributed by atoms with Gasteiger partial charge in [-0.15, -0.1) is 0 Å². The quantitative estimate of drug-likeness (QED) is 0.576. The van der Waals surface area contributed by atoms with E-state index in [9.17, 15) is 9.59 Å². The number of rotatable bonds is 2. The summed E-state index contributed by atoms with van der Waals surface area (Å²) < 4.78 is 10.0. The van der Waals surface area contributed by atoms with Crippen LogP contribution in [0.1, 0.15) is 20.8 Å². The van der Waals surface area contributed by atoms with Crippen molar-refractivity contribution in [3.8, 4) is 0 Å². The molecule has 0 radical (unpaired) electrons. The molecule has 3 N–H and O–H groups in total. The van der Waals surface area contributed by atoms with Crippen LogP contribution in [0.25, 0.3) is 0 Å². The molecular formula is C13H24N2O5. The minimum absolute atomic E-state index is 0.125. The summed E-state index contributed by atoms with van der Waals surface area (Å²) in [5, 5.41) is 8.58. The van der Waals surface area contributed by atoms with Crippen LogP contribution in [0.3, 0.4) is 0 Å². The Morgan fingerprint density at radius 1 is 1.55 bits per heavy atom. The maximum Gasteiger partial charge on any atom is 0.407 e. The van der Waals surface area contributed by atoms with Gasteiger partial charge in [-0.1, -0.05) is 6.58 Å². The number of nitrogens with zero attached hydrogens (tertiary/aromatic N) is 1. The fourth-order valence-corrected chi connectivity index (χ4v) is 1.38. The Balaban J connectivity index is 0.000000370. The van der Waals surface area contributed by atoms with Gasteiger partial charge in [0, 0.05) is 19.2 Å². The predicted molar refractivity (Wildman–Crippen MR) is 74.4 cm³/mol. The highest BCUT2D eigenvalue weighted by atomic mass is 16.6. The van der Waals surface area contributed by atoms with E-state index < -0.39 is 11.7 Å². The molecule has 0 unspecified atom stereocenters. The van der Waals surface area contributed by atoms with E-state index in [-0.39, 0.29) is 12.1 Å². The smallest absolute Gasteiger partial charge is 0.407 e. The van der Waals surface area contributed by atoms with Crippen molar-refractivity contribution in [1.29, 1.82) is 0 Å². The van der Waals surface area contributed by atoms with Crippen LogP contribution >= 0.6 is 0 Å². The van der Waals surface area contributed by atoms with Gasteiger partial charge >= 0.3 is 12.1 Å². The molecule has 7 heteroatoms. The first-order chi connectivity index (χ1) is 9.19. The summed E-state index contributed by atoms with van der Waals surface area (Å²) in [5.41, 5.74) is 4.92. The average molecular weight is 288 g/mol. The molecule has 0 aromatic heterocycles. The van der Waals surface area contributed by atoms with Crippen molar-refractivity contribution < 1.29 is 24.2 Å². The van der Waals surface area contributed by atoms with Gasteiger partial charge in [0.25, 0.3) is 0 Å². The molecule has 7 nitrogen and oxygen atoms in total. The van der Waals surface area contributed by atoms with E-state index in [1.54, 1.807) is 0 Å². The number of carbonyl (C=O) groups is 2. The Labute approximate surface area is 119 Å². The van der Waals surface area contributed by atoms with Crippen molar-refractivity contribution in [2.24, 2.45) is 5.73 Å². The fraction of sp³-hybridized carbons (Fsp3) is 0.692. The van der Waals surface area contributed by atoms with Gasteiger partial charge in [0.05, 0.1) is 19.3 Å². The third kappa shape index (κ3) is 8.49. The molecule has 1 fully saturated rings. The number of amides is 1. The first kappa shape index (κ1) is 18.4. The first-order valence-corrected chi connectivity index (χ1v) is 6.34. The zero-order valence-corrected chi connectivity index (χ0v) is 12.3. The van der Waals surface area contributed by atoms with Gasteiger partial charge in [0.1, 0.15) is 5.60 Å². The van der Waals surface area contributed by atoms with Gasteiger partial charge in [0.15, 0.2) is 0 Å². The lowest BCUT2D eigenvalue weighted by molar-refractivity contribution is -0.148. The van der Waals surface area contributed by atoms with Crippen LogP contribution in [0.2, 0.25) is 0 Å². The number of morpholine rings is 1.